The molecule has 146 valence electrons. The topological polar surface area (TPSA) is 103 Å². The van der Waals surface area contributed by atoms with Crippen molar-refractivity contribution in [1.29, 1.82) is 0 Å². The molecule has 28 heavy (non-hydrogen) atoms. The van der Waals surface area contributed by atoms with Crippen LogP contribution in [0.25, 0.3) is 11.1 Å². The van der Waals surface area contributed by atoms with Crippen molar-refractivity contribution in [2.75, 3.05) is 0 Å². The fourth-order valence-corrected chi connectivity index (χ4v) is 2.51. The molecule has 0 bridgehead atoms. The highest BCUT2D eigenvalue weighted by atomic mass is 19.1. The van der Waals surface area contributed by atoms with E-state index in [0.29, 0.717) is 16.8 Å². The number of halogens is 1. The van der Waals surface area contributed by atoms with Gasteiger partial charge in [-0.3, -0.25) is 25.0 Å². The van der Waals surface area contributed by atoms with E-state index in [-0.39, 0.29) is 13.0 Å². The molecular formula is C19H18FN3O5. The van der Waals surface area contributed by atoms with Crippen LogP contribution in [0.3, 0.4) is 0 Å². The molecule has 0 radical (unpaired) electrons. The van der Waals surface area contributed by atoms with E-state index in [2.05, 4.69) is 10.9 Å². The van der Waals surface area contributed by atoms with E-state index in [0.717, 1.165) is 0 Å². The van der Waals surface area contributed by atoms with E-state index in [9.17, 15) is 18.8 Å². The zero-order chi connectivity index (χ0) is 20.1. The molecule has 0 saturated carbocycles. The molecule has 3 rings (SSSR count). The first-order chi connectivity index (χ1) is 13.4. The summed E-state index contributed by atoms with van der Waals surface area (Å²) in [6.07, 6.45) is -0.956. The fraction of sp³-hybridized carbons (Fsp3) is 0.211. The molecule has 8 nitrogen and oxygen atoms in total. The smallest absolute Gasteiger partial charge is 0.419 e. The number of aromatic nitrogens is 1. The quantitative estimate of drug-likeness (QED) is 0.627. The number of para-hydroxylation sites is 2. The number of aryl methyl sites for hydroxylation is 1. The number of hydrazine groups is 1. The van der Waals surface area contributed by atoms with E-state index >= 15 is 0 Å². The Balaban J connectivity index is 1.48. The average Bonchev–Trinajstić information content (AvgIpc) is 3.01. The molecule has 0 unspecified atom stereocenters. The normalized spacial score (nSPS) is 11.8. The molecule has 2 amide bonds. The van der Waals surface area contributed by atoms with Crippen molar-refractivity contribution in [3.05, 3.63) is 64.9 Å². The van der Waals surface area contributed by atoms with Crippen molar-refractivity contribution in [2.24, 2.45) is 0 Å². The SMILES string of the molecule is C[C@@H](Oc1ccc(F)cc1)C(=O)NNC(=O)CCn1c(=O)oc2ccccc21. The highest BCUT2D eigenvalue weighted by Crippen LogP contribution is 2.13. The van der Waals surface area contributed by atoms with Crippen LogP contribution in [0.5, 0.6) is 5.75 Å². The van der Waals surface area contributed by atoms with Gasteiger partial charge >= 0.3 is 5.76 Å². The summed E-state index contributed by atoms with van der Waals surface area (Å²) in [4.78, 5) is 35.8. The first-order valence-corrected chi connectivity index (χ1v) is 8.53. The van der Waals surface area contributed by atoms with E-state index in [4.69, 9.17) is 9.15 Å². The van der Waals surface area contributed by atoms with Crippen molar-refractivity contribution in [3.8, 4) is 5.75 Å². The molecule has 0 fully saturated rings. The van der Waals surface area contributed by atoms with Gasteiger partial charge in [0.1, 0.15) is 11.6 Å². The van der Waals surface area contributed by atoms with Gasteiger partial charge in [-0.2, -0.15) is 0 Å². The van der Waals surface area contributed by atoms with Gasteiger partial charge in [-0.25, -0.2) is 9.18 Å². The van der Waals surface area contributed by atoms with Crippen LogP contribution in [0.15, 0.2) is 57.7 Å². The van der Waals surface area contributed by atoms with Gasteiger partial charge in [-0.15, -0.1) is 0 Å². The van der Waals surface area contributed by atoms with Crippen molar-refractivity contribution in [3.63, 3.8) is 0 Å². The highest BCUT2D eigenvalue weighted by molar-refractivity contribution is 5.84. The monoisotopic (exact) mass is 387 g/mol. The summed E-state index contributed by atoms with van der Waals surface area (Å²) in [7, 11) is 0. The van der Waals surface area contributed by atoms with Gasteiger partial charge < -0.3 is 9.15 Å². The van der Waals surface area contributed by atoms with Crippen LogP contribution in [0.1, 0.15) is 13.3 Å². The molecule has 0 aliphatic carbocycles. The third kappa shape index (κ3) is 4.56. The van der Waals surface area contributed by atoms with Crippen LogP contribution in [0, 0.1) is 5.82 Å². The van der Waals surface area contributed by atoms with E-state index < -0.39 is 29.5 Å². The van der Waals surface area contributed by atoms with Crippen LogP contribution < -0.4 is 21.3 Å². The number of benzene rings is 2. The lowest BCUT2D eigenvalue weighted by molar-refractivity contribution is -0.132. The molecule has 1 heterocycles. The van der Waals surface area contributed by atoms with Crippen LogP contribution in [-0.2, 0) is 16.1 Å². The van der Waals surface area contributed by atoms with Gasteiger partial charge in [-0.05, 0) is 43.3 Å². The zero-order valence-corrected chi connectivity index (χ0v) is 15.0. The second kappa shape index (κ2) is 8.38. The Morgan fingerprint density at radius 1 is 1.14 bits per heavy atom. The van der Waals surface area contributed by atoms with E-state index in [1.54, 1.807) is 24.3 Å². The van der Waals surface area contributed by atoms with Crippen LogP contribution in [-0.4, -0.2) is 22.5 Å². The lowest BCUT2D eigenvalue weighted by Gasteiger charge is -2.15. The Hall–Kier alpha value is -3.62. The van der Waals surface area contributed by atoms with Gasteiger partial charge in [0.25, 0.3) is 5.91 Å². The second-order valence-electron chi connectivity index (χ2n) is 5.99. The Bertz CT molecular complexity index is 1040. The number of hydrogen-bond donors (Lipinski definition) is 2. The molecule has 1 aromatic heterocycles. The van der Waals surface area contributed by atoms with Crippen LogP contribution >= 0.6 is 0 Å². The number of nitrogens with one attached hydrogen (secondary N) is 2. The summed E-state index contributed by atoms with van der Waals surface area (Å²) in [5.74, 6) is -1.72. The Morgan fingerprint density at radius 2 is 1.86 bits per heavy atom. The van der Waals surface area contributed by atoms with Gasteiger partial charge in [-0.1, -0.05) is 12.1 Å². The molecule has 0 aliphatic heterocycles. The maximum absolute atomic E-state index is 12.9. The number of carbonyl (C=O) groups is 2. The van der Waals surface area contributed by atoms with E-state index in [1.165, 1.54) is 35.8 Å². The summed E-state index contributed by atoms with van der Waals surface area (Å²) in [5.41, 5.74) is 5.54. The third-order valence-electron chi connectivity index (χ3n) is 3.96. The first-order valence-electron chi connectivity index (χ1n) is 8.53. The van der Waals surface area contributed by atoms with Gasteiger partial charge in [0.05, 0.1) is 5.52 Å². The second-order valence-corrected chi connectivity index (χ2v) is 5.99. The van der Waals surface area contributed by atoms with E-state index in [1.807, 2.05) is 0 Å². The minimum atomic E-state index is -0.911. The minimum absolute atomic E-state index is 0.0447. The average molecular weight is 387 g/mol. The molecule has 9 heteroatoms. The summed E-state index contributed by atoms with van der Waals surface area (Å²) >= 11 is 0. The lowest BCUT2D eigenvalue weighted by Crippen LogP contribution is -2.47. The number of amides is 2. The molecule has 1 atom stereocenters. The van der Waals surface area contributed by atoms with Gasteiger partial charge in [0, 0.05) is 13.0 Å². The number of ether oxygens (including phenoxy) is 1. The summed E-state index contributed by atoms with van der Waals surface area (Å²) in [6, 6.07) is 12.1. The van der Waals surface area contributed by atoms with Crippen LogP contribution in [0.4, 0.5) is 4.39 Å². The van der Waals surface area contributed by atoms with Gasteiger partial charge in [0.15, 0.2) is 11.7 Å². The number of nitrogens with zero attached hydrogens (tertiary/aromatic N) is 1. The molecular weight excluding hydrogens is 369 g/mol. The first kappa shape index (κ1) is 19.2. The highest BCUT2D eigenvalue weighted by Gasteiger charge is 2.16. The Kier molecular flexibility index (Phi) is 5.73. The summed E-state index contributed by atoms with van der Waals surface area (Å²) < 4.78 is 24.7. The molecule has 3 aromatic rings. The van der Waals surface area contributed by atoms with Crippen molar-refractivity contribution in [2.45, 2.75) is 26.0 Å². The number of oxazole rings is 1. The largest absolute Gasteiger partial charge is 0.481 e. The van der Waals surface area contributed by atoms with Crippen molar-refractivity contribution >= 4 is 22.9 Å². The molecule has 0 spiro atoms. The maximum Gasteiger partial charge on any atom is 0.419 e. The predicted octanol–water partition coefficient (Wildman–Crippen LogP) is 1.74. The fourth-order valence-electron chi connectivity index (χ4n) is 2.51. The maximum atomic E-state index is 12.9. The zero-order valence-electron chi connectivity index (χ0n) is 15.0. The molecule has 2 aromatic carbocycles. The Morgan fingerprint density at radius 3 is 2.61 bits per heavy atom. The van der Waals surface area contributed by atoms with Crippen LogP contribution in [0.2, 0.25) is 0 Å². The Labute approximate surface area is 158 Å². The summed E-state index contributed by atoms with van der Waals surface area (Å²) in [5, 5.41) is 0. The minimum Gasteiger partial charge on any atom is -0.481 e. The number of rotatable bonds is 6. The predicted molar refractivity (Wildman–Crippen MR) is 97.9 cm³/mol. The number of fused-ring (bicyclic) bond motifs is 1. The van der Waals surface area contributed by atoms with Gasteiger partial charge in [0.2, 0.25) is 5.91 Å². The van der Waals surface area contributed by atoms with Crippen molar-refractivity contribution in [1.82, 2.24) is 15.4 Å². The molecule has 0 saturated heterocycles. The standard InChI is InChI=1S/C19H18FN3O5/c1-12(27-14-8-6-13(20)7-9-14)18(25)22-21-17(24)10-11-23-15-4-2-3-5-16(15)28-19(23)26/h2-9,12H,10-11H2,1H3,(H,21,24)(H,22,25)/t12-/m1/s1. The molecule has 0 aliphatic rings. The third-order valence-corrected chi connectivity index (χ3v) is 3.96. The number of hydrogen-bond acceptors (Lipinski definition) is 5. The number of carbonyl (C=O) groups excluding carboxylic acids is 2. The lowest BCUT2D eigenvalue weighted by atomic mass is 10.3. The summed E-state index contributed by atoms with van der Waals surface area (Å²) in [6.45, 7) is 1.58. The van der Waals surface area contributed by atoms with Crippen molar-refractivity contribution < 1.29 is 23.1 Å². The molecule has 2 N–H and O–H groups in total.